The number of anilines is 1. The van der Waals surface area contributed by atoms with Crippen LogP contribution in [0.4, 0.5) is 5.95 Å². The summed E-state index contributed by atoms with van der Waals surface area (Å²) in [6, 6.07) is 17.9. The van der Waals surface area contributed by atoms with Crippen molar-refractivity contribution in [3.8, 4) is 5.75 Å². The number of nitrogen functional groups attached to an aromatic ring is 1. The Morgan fingerprint density at radius 2 is 1.93 bits per heavy atom. The predicted octanol–water partition coefficient (Wildman–Crippen LogP) is 3.79. The SMILES string of the molecule is COc1ccc(CSc2nnc(N/N=C(C)/C=C/c3ccccc3)n2N)cc1. The number of aromatic nitrogens is 3. The van der Waals surface area contributed by atoms with Crippen molar-refractivity contribution in [3.05, 3.63) is 71.8 Å². The van der Waals surface area contributed by atoms with E-state index < -0.39 is 0 Å². The first-order chi connectivity index (χ1) is 13.7. The van der Waals surface area contributed by atoms with Gasteiger partial charge in [0.1, 0.15) is 5.75 Å². The maximum absolute atomic E-state index is 6.07. The third kappa shape index (κ3) is 5.37. The summed E-state index contributed by atoms with van der Waals surface area (Å²) in [5.41, 5.74) is 5.89. The van der Waals surface area contributed by atoms with Crippen LogP contribution in [0.25, 0.3) is 6.08 Å². The molecule has 0 saturated heterocycles. The number of hydrogen-bond acceptors (Lipinski definition) is 7. The van der Waals surface area contributed by atoms with E-state index in [-0.39, 0.29) is 0 Å². The standard InChI is InChI=1S/C20H22N6OS/c1-15(8-9-16-6-4-3-5-7-16)22-23-19-24-25-20(26(19)21)28-14-17-10-12-18(27-2)13-11-17/h3-13H,14,21H2,1-2H3,(H,23,24)/b9-8+,22-15+. The molecule has 0 atom stereocenters. The summed E-state index contributed by atoms with van der Waals surface area (Å²) in [5.74, 6) is 8.00. The summed E-state index contributed by atoms with van der Waals surface area (Å²) in [6.07, 6.45) is 3.91. The van der Waals surface area contributed by atoms with Gasteiger partial charge in [-0.15, -0.1) is 10.2 Å². The third-order valence-electron chi connectivity index (χ3n) is 3.84. The van der Waals surface area contributed by atoms with Gasteiger partial charge in [-0.2, -0.15) is 5.10 Å². The predicted molar refractivity (Wildman–Crippen MR) is 115 cm³/mol. The molecule has 8 heteroatoms. The van der Waals surface area contributed by atoms with Gasteiger partial charge in [-0.1, -0.05) is 60.3 Å². The number of methoxy groups -OCH3 is 1. The summed E-state index contributed by atoms with van der Waals surface area (Å²) in [4.78, 5) is 0. The summed E-state index contributed by atoms with van der Waals surface area (Å²) in [7, 11) is 1.65. The van der Waals surface area contributed by atoms with Crippen molar-refractivity contribution in [3.63, 3.8) is 0 Å². The molecule has 0 radical (unpaired) electrons. The van der Waals surface area contributed by atoms with Gasteiger partial charge in [0.25, 0.3) is 5.95 Å². The topological polar surface area (TPSA) is 90.4 Å². The van der Waals surface area contributed by atoms with Gasteiger partial charge in [0.05, 0.1) is 12.8 Å². The van der Waals surface area contributed by atoms with Gasteiger partial charge in [-0.25, -0.2) is 10.1 Å². The van der Waals surface area contributed by atoms with Gasteiger partial charge < -0.3 is 10.6 Å². The van der Waals surface area contributed by atoms with Crippen LogP contribution in [-0.2, 0) is 5.75 Å². The largest absolute Gasteiger partial charge is 0.497 e. The molecule has 0 spiro atoms. The molecule has 3 aromatic rings. The molecule has 3 N–H and O–H groups in total. The third-order valence-corrected chi connectivity index (χ3v) is 4.85. The van der Waals surface area contributed by atoms with Crippen molar-refractivity contribution in [2.24, 2.45) is 5.10 Å². The minimum absolute atomic E-state index is 0.379. The number of nitrogens with two attached hydrogens (primary N) is 1. The number of nitrogens with zero attached hydrogens (tertiary/aromatic N) is 4. The maximum Gasteiger partial charge on any atom is 0.264 e. The molecule has 7 nitrogen and oxygen atoms in total. The van der Waals surface area contributed by atoms with Crippen molar-refractivity contribution < 1.29 is 4.74 Å². The first kappa shape index (κ1) is 19.5. The second-order valence-electron chi connectivity index (χ2n) is 5.92. The zero-order valence-electron chi connectivity index (χ0n) is 15.7. The summed E-state index contributed by atoms with van der Waals surface area (Å²) >= 11 is 1.50. The number of allylic oxidation sites excluding steroid dienone is 1. The van der Waals surface area contributed by atoms with Crippen LogP contribution in [0.2, 0.25) is 0 Å². The van der Waals surface area contributed by atoms with E-state index in [1.165, 1.54) is 16.4 Å². The molecule has 0 aliphatic rings. The van der Waals surface area contributed by atoms with E-state index in [0.29, 0.717) is 11.1 Å². The highest BCUT2D eigenvalue weighted by atomic mass is 32.2. The zero-order valence-corrected chi connectivity index (χ0v) is 16.6. The Morgan fingerprint density at radius 3 is 2.64 bits per heavy atom. The van der Waals surface area contributed by atoms with Crippen LogP contribution in [0.1, 0.15) is 18.1 Å². The van der Waals surface area contributed by atoms with Crippen molar-refractivity contribution in [1.29, 1.82) is 0 Å². The molecule has 0 unspecified atom stereocenters. The first-order valence-corrected chi connectivity index (χ1v) is 9.64. The highest BCUT2D eigenvalue weighted by molar-refractivity contribution is 7.98. The number of hydrogen-bond donors (Lipinski definition) is 2. The molecule has 1 heterocycles. The molecule has 0 aliphatic carbocycles. The Kier molecular flexibility index (Phi) is 6.69. The van der Waals surface area contributed by atoms with Crippen LogP contribution in [0.3, 0.4) is 0 Å². The number of rotatable bonds is 8. The van der Waals surface area contributed by atoms with Gasteiger partial charge in [0, 0.05) is 5.75 Å². The second kappa shape index (κ2) is 9.61. The molecular formula is C20H22N6OS. The number of thioether (sulfide) groups is 1. The molecule has 0 bridgehead atoms. The number of ether oxygens (including phenoxy) is 1. The van der Waals surface area contributed by atoms with E-state index >= 15 is 0 Å². The monoisotopic (exact) mass is 394 g/mol. The van der Waals surface area contributed by atoms with E-state index in [4.69, 9.17) is 10.6 Å². The number of benzene rings is 2. The first-order valence-electron chi connectivity index (χ1n) is 8.65. The fourth-order valence-corrected chi connectivity index (χ4v) is 3.09. The van der Waals surface area contributed by atoms with Crippen molar-refractivity contribution >= 4 is 29.5 Å². The molecule has 3 rings (SSSR count). The Balaban J connectivity index is 1.57. The van der Waals surface area contributed by atoms with Crippen LogP contribution < -0.4 is 16.0 Å². The van der Waals surface area contributed by atoms with Gasteiger partial charge in [-0.05, 0) is 36.3 Å². The van der Waals surface area contributed by atoms with Crippen molar-refractivity contribution in [2.75, 3.05) is 18.4 Å². The lowest BCUT2D eigenvalue weighted by Crippen LogP contribution is -2.13. The number of nitrogens with one attached hydrogen (secondary N) is 1. The van der Waals surface area contributed by atoms with Crippen LogP contribution in [0.15, 0.2) is 70.9 Å². The highest BCUT2D eigenvalue weighted by Gasteiger charge is 2.10. The van der Waals surface area contributed by atoms with Crippen LogP contribution in [0, 0.1) is 0 Å². The number of hydrazone groups is 1. The molecule has 144 valence electrons. The van der Waals surface area contributed by atoms with Crippen LogP contribution in [0.5, 0.6) is 5.75 Å². The molecule has 0 fully saturated rings. The smallest absolute Gasteiger partial charge is 0.264 e. The lowest BCUT2D eigenvalue weighted by atomic mass is 10.2. The molecule has 2 aromatic carbocycles. The highest BCUT2D eigenvalue weighted by Crippen LogP contribution is 2.23. The molecule has 1 aromatic heterocycles. The minimum atomic E-state index is 0.379. The lowest BCUT2D eigenvalue weighted by molar-refractivity contribution is 0.414. The van der Waals surface area contributed by atoms with Crippen molar-refractivity contribution in [1.82, 2.24) is 14.9 Å². The second-order valence-corrected chi connectivity index (χ2v) is 6.86. The average Bonchev–Trinajstić information content (AvgIpc) is 3.09. The van der Waals surface area contributed by atoms with E-state index in [0.717, 1.165) is 28.3 Å². The molecule has 0 amide bonds. The van der Waals surface area contributed by atoms with E-state index in [9.17, 15) is 0 Å². The fraction of sp³-hybridized carbons (Fsp3) is 0.150. The van der Waals surface area contributed by atoms with E-state index in [2.05, 4.69) is 20.7 Å². The molecular weight excluding hydrogens is 372 g/mol. The average molecular weight is 395 g/mol. The normalized spacial score (nSPS) is 11.7. The van der Waals surface area contributed by atoms with Gasteiger partial charge in [0.2, 0.25) is 5.16 Å². The summed E-state index contributed by atoms with van der Waals surface area (Å²) in [5, 5.41) is 13.0. The Hall–Kier alpha value is -3.26. The van der Waals surface area contributed by atoms with Gasteiger partial charge in [-0.3, -0.25) is 0 Å². The fourth-order valence-electron chi connectivity index (χ4n) is 2.28. The Labute approximate surface area is 168 Å². The Morgan fingerprint density at radius 1 is 1.18 bits per heavy atom. The quantitative estimate of drug-likeness (QED) is 0.261. The van der Waals surface area contributed by atoms with Crippen molar-refractivity contribution in [2.45, 2.75) is 17.8 Å². The minimum Gasteiger partial charge on any atom is -0.497 e. The van der Waals surface area contributed by atoms with Crippen LogP contribution in [-0.4, -0.2) is 27.7 Å². The van der Waals surface area contributed by atoms with Crippen LogP contribution >= 0.6 is 11.8 Å². The zero-order chi connectivity index (χ0) is 19.8. The van der Waals surface area contributed by atoms with E-state index in [1.54, 1.807) is 7.11 Å². The Bertz CT molecular complexity index is 951. The summed E-state index contributed by atoms with van der Waals surface area (Å²) < 4.78 is 6.56. The van der Waals surface area contributed by atoms with E-state index in [1.807, 2.05) is 73.7 Å². The van der Waals surface area contributed by atoms with Gasteiger partial charge in [0.15, 0.2) is 0 Å². The molecule has 0 aliphatic heterocycles. The molecule has 0 saturated carbocycles. The summed E-state index contributed by atoms with van der Waals surface area (Å²) in [6.45, 7) is 1.89. The maximum atomic E-state index is 6.07. The van der Waals surface area contributed by atoms with Gasteiger partial charge >= 0.3 is 0 Å². The lowest BCUT2D eigenvalue weighted by Gasteiger charge is -2.04. The molecule has 28 heavy (non-hydrogen) atoms.